The Hall–Kier alpha value is -3.54. The fraction of sp³-hybridized carbons (Fsp3) is 0.182. The number of hydrogen-bond donors (Lipinski definition) is 1. The van der Waals surface area contributed by atoms with E-state index in [9.17, 15) is 4.79 Å². The summed E-state index contributed by atoms with van der Waals surface area (Å²) >= 11 is 0. The van der Waals surface area contributed by atoms with Crippen molar-refractivity contribution in [1.29, 1.82) is 0 Å². The summed E-state index contributed by atoms with van der Waals surface area (Å²) in [6.07, 6.45) is 5.43. The van der Waals surface area contributed by atoms with Crippen molar-refractivity contribution in [2.75, 3.05) is 0 Å². The van der Waals surface area contributed by atoms with Crippen molar-refractivity contribution < 1.29 is 4.79 Å². The first-order chi connectivity index (χ1) is 13.7. The third-order valence-corrected chi connectivity index (χ3v) is 5.02. The van der Waals surface area contributed by atoms with E-state index in [4.69, 9.17) is 0 Å². The van der Waals surface area contributed by atoms with Gasteiger partial charge in [-0.3, -0.25) is 9.36 Å². The molecular formula is C22H19N5O. The van der Waals surface area contributed by atoms with Crippen LogP contribution in [0.4, 0.5) is 0 Å². The molecule has 28 heavy (non-hydrogen) atoms. The lowest BCUT2D eigenvalue weighted by atomic mass is 10.1. The number of benzene rings is 2. The highest BCUT2D eigenvalue weighted by atomic mass is 16.1. The van der Waals surface area contributed by atoms with E-state index in [0.717, 1.165) is 46.5 Å². The normalized spacial score (nSPS) is 13.6. The highest BCUT2D eigenvalue weighted by Gasteiger charge is 2.24. The first-order valence-corrected chi connectivity index (χ1v) is 9.36. The number of nitrogens with one attached hydrogen (secondary N) is 1. The second-order valence-electron chi connectivity index (χ2n) is 7.12. The summed E-state index contributed by atoms with van der Waals surface area (Å²) in [5.74, 6) is -0.0345. The minimum Gasteiger partial charge on any atom is -0.349 e. The Bertz CT molecular complexity index is 1180. The van der Waals surface area contributed by atoms with E-state index in [2.05, 4.69) is 20.3 Å². The average Bonchev–Trinajstić information content (AvgIpc) is 3.44. The number of rotatable bonds is 4. The largest absolute Gasteiger partial charge is 0.349 e. The molecule has 6 nitrogen and oxygen atoms in total. The van der Waals surface area contributed by atoms with Crippen LogP contribution in [-0.2, 0) is 0 Å². The molecule has 6 heteroatoms. The smallest absolute Gasteiger partial charge is 0.251 e. The molecule has 0 spiro atoms. The van der Waals surface area contributed by atoms with Crippen LogP contribution in [-0.4, -0.2) is 31.5 Å². The number of nitrogens with zero attached hydrogens (tertiary/aromatic N) is 4. The first-order valence-electron chi connectivity index (χ1n) is 9.36. The molecule has 1 amide bonds. The van der Waals surface area contributed by atoms with Gasteiger partial charge in [-0.2, -0.15) is 0 Å². The van der Waals surface area contributed by atoms with Crippen molar-refractivity contribution in [2.45, 2.75) is 25.8 Å². The lowest BCUT2D eigenvalue weighted by Crippen LogP contribution is -2.25. The van der Waals surface area contributed by atoms with Gasteiger partial charge >= 0.3 is 0 Å². The van der Waals surface area contributed by atoms with Crippen LogP contribution in [0, 0.1) is 6.92 Å². The van der Waals surface area contributed by atoms with Gasteiger partial charge in [0.25, 0.3) is 5.91 Å². The standard InChI is InChI=1S/C22H19N5O/c1-14-7-8-16(22(28)26-17-9-10-17)11-18(14)27-13-25-20-19(23-12-24-21(20)27)15-5-3-2-4-6-15/h2-8,11-13,17H,9-10H2,1H3,(H,26,28). The number of aryl methyl sites for hydroxylation is 1. The van der Waals surface area contributed by atoms with Crippen LogP contribution in [0.1, 0.15) is 28.8 Å². The number of carbonyl (C=O) groups is 1. The molecule has 0 bridgehead atoms. The molecule has 1 fully saturated rings. The van der Waals surface area contributed by atoms with Gasteiger partial charge in [0.1, 0.15) is 23.9 Å². The average molecular weight is 369 g/mol. The lowest BCUT2D eigenvalue weighted by molar-refractivity contribution is 0.0951. The van der Waals surface area contributed by atoms with Crippen molar-refractivity contribution in [1.82, 2.24) is 24.8 Å². The van der Waals surface area contributed by atoms with Crippen molar-refractivity contribution >= 4 is 17.1 Å². The molecular weight excluding hydrogens is 350 g/mol. The SMILES string of the molecule is Cc1ccc(C(=O)NC2CC2)cc1-n1cnc2c(-c3ccccc3)ncnc21. The number of fused-ring (bicyclic) bond motifs is 1. The van der Waals surface area contributed by atoms with Crippen molar-refractivity contribution in [2.24, 2.45) is 0 Å². The monoisotopic (exact) mass is 369 g/mol. The predicted octanol–water partition coefficient (Wildman–Crippen LogP) is 3.68. The van der Waals surface area contributed by atoms with Gasteiger partial charge in [0.15, 0.2) is 5.65 Å². The van der Waals surface area contributed by atoms with E-state index in [1.165, 1.54) is 0 Å². The zero-order chi connectivity index (χ0) is 19.1. The van der Waals surface area contributed by atoms with Gasteiger partial charge in [-0.05, 0) is 37.5 Å². The second-order valence-corrected chi connectivity index (χ2v) is 7.12. The molecule has 5 rings (SSSR count). The maximum absolute atomic E-state index is 12.5. The number of hydrogen-bond acceptors (Lipinski definition) is 4. The Morgan fingerprint density at radius 2 is 1.89 bits per heavy atom. The maximum Gasteiger partial charge on any atom is 0.251 e. The Kier molecular flexibility index (Phi) is 3.90. The molecule has 0 atom stereocenters. The highest BCUT2D eigenvalue weighted by molar-refractivity contribution is 5.95. The van der Waals surface area contributed by atoms with Crippen LogP contribution in [0.25, 0.3) is 28.1 Å². The van der Waals surface area contributed by atoms with Crippen molar-refractivity contribution in [3.8, 4) is 16.9 Å². The third kappa shape index (κ3) is 2.93. The molecule has 1 aliphatic rings. The molecule has 0 radical (unpaired) electrons. The summed E-state index contributed by atoms with van der Waals surface area (Å²) in [4.78, 5) is 26.0. The van der Waals surface area contributed by atoms with Gasteiger partial charge in [-0.1, -0.05) is 36.4 Å². The Morgan fingerprint density at radius 3 is 2.68 bits per heavy atom. The molecule has 2 aromatic heterocycles. The molecule has 0 aliphatic heterocycles. The number of amides is 1. The minimum absolute atomic E-state index is 0.0345. The molecule has 1 aliphatic carbocycles. The molecule has 0 saturated heterocycles. The van der Waals surface area contributed by atoms with E-state index in [0.29, 0.717) is 11.6 Å². The molecule has 1 N–H and O–H groups in total. The molecule has 2 heterocycles. The zero-order valence-electron chi connectivity index (χ0n) is 15.5. The van der Waals surface area contributed by atoms with Crippen molar-refractivity contribution in [3.05, 3.63) is 72.3 Å². The second kappa shape index (κ2) is 6.56. The maximum atomic E-state index is 12.5. The van der Waals surface area contributed by atoms with Gasteiger partial charge in [-0.25, -0.2) is 15.0 Å². The summed E-state index contributed by atoms with van der Waals surface area (Å²) in [6, 6.07) is 16.0. The third-order valence-electron chi connectivity index (χ3n) is 5.02. The van der Waals surface area contributed by atoms with E-state index in [1.807, 2.05) is 60.0 Å². The van der Waals surface area contributed by atoms with Gasteiger partial charge < -0.3 is 5.32 Å². The summed E-state index contributed by atoms with van der Waals surface area (Å²) in [6.45, 7) is 2.02. The first kappa shape index (κ1) is 16.6. The fourth-order valence-corrected chi connectivity index (χ4v) is 3.32. The molecule has 4 aromatic rings. The number of aromatic nitrogens is 4. The van der Waals surface area contributed by atoms with E-state index >= 15 is 0 Å². The molecule has 1 saturated carbocycles. The summed E-state index contributed by atoms with van der Waals surface area (Å²) in [5, 5.41) is 3.04. The van der Waals surface area contributed by atoms with Gasteiger partial charge in [0, 0.05) is 17.2 Å². The molecule has 0 unspecified atom stereocenters. The summed E-state index contributed by atoms with van der Waals surface area (Å²) in [7, 11) is 0. The Labute approximate surface area is 162 Å². The van der Waals surface area contributed by atoms with Crippen LogP contribution < -0.4 is 5.32 Å². The summed E-state index contributed by atoms with van der Waals surface area (Å²) < 4.78 is 1.92. The minimum atomic E-state index is -0.0345. The van der Waals surface area contributed by atoms with Gasteiger partial charge in [0.05, 0.1) is 5.69 Å². The predicted molar refractivity (Wildman–Crippen MR) is 107 cm³/mol. The topological polar surface area (TPSA) is 72.7 Å². The number of carbonyl (C=O) groups excluding carboxylic acids is 1. The highest BCUT2D eigenvalue weighted by Crippen LogP contribution is 2.27. The van der Waals surface area contributed by atoms with Crippen LogP contribution in [0.2, 0.25) is 0 Å². The van der Waals surface area contributed by atoms with Gasteiger partial charge in [-0.15, -0.1) is 0 Å². The van der Waals surface area contributed by atoms with Crippen LogP contribution >= 0.6 is 0 Å². The quantitative estimate of drug-likeness (QED) is 0.595. The fourth-order valence-electron chi connectivity index (χ4n) is 3.32. The van der Waals surface area contributed by atoms with Crippen LogP contribution in [0.5, 0.6) is 0 Å². The Balaban J connectivity index is 1.61. The van der Waals surface area contributed by atoms with E-state index in [1.54, 1.807) is 12.7 Å². The van der Waals surface area contributed by atoms with E-state index < -0.39 is 0 Å². The molecule has 2 aromatic carbocycles. The Morgan fingerprint density at radius 1 is 1.07 bits per heavy atom. The van der Waals surface area contributed by atoms with Gasteiger partial charge in [0.2, 0.25) is 0 Å². The van der Waals surface area contributed by atoms with Crippen LogP contribution in [0.3, 0.4) is 0 Å². The lowest BCUT2D eigenvalue weighted by Gasteiger charge is -2.11. The van der Waals surface area contributed by atoms with Crippen LogP contribution in [0.15, 0.2) is 61.2 Å². The zero-order valence-corrected chi connectivity index (χ0v) is 15.5. The summed E-state index contributed by atoms with van der Waals surface area (Å²) in [5.41, 5.74) is 5.83. The molecule has 138 valence electrons. The van der Waals surface area contributed by atoms with E-state index in [-0.39, 0.29) is 5.91 Å². The van der Waals surface area contributed by atoms with Crippen molar-refractivity contribution in [3.63, 3.8) is 0 Å². The number of imidazole rings is 1.